The first-order valence-electron chi connectivity index (χ1n) is 11.0. The summed E-state index contributed by atoms with van der Waals surface area (Å²) in [5.41, 5.74) is -0.428. The lowest BCUT2D eigenvalue weighted by Crippen LogP contribution is -2.49. The van der Waals surface area contributed by atoms with E-state index < -0.39 is 32.8 Å². The van der Waals surface area contributed by atoms with Crippen molar-refractivity contribution in [1.29, 1.82) is 5.26 Å². The minimum Gasteiger partial charge on any atom is -0.456 e. The first-order chi connectivity index (χ1) is 16.4. The average Bonchev–Trinajstić information content (AvgIpc) is 3.63. The third kappa shape index (κ3) is 6.45. The van der Waals surface area contributed by atoms with Crippen LogP contribution in [0.1, 0.15) is 35.6 Å². The third-order valence-electron chi connectivity index (χ3n) is 6.22. The van der Waals surface area contributed by atoms with Gasteiger partial charge in [-0.3, -0.25) is 9.80 Å². The highest BCUT2D eigenvalue weighted by Gasteiger charge is 2.35. The van der Waals surface area contributed by atoms with E-state index in [1.54, 1.807) is 6.07 Å². The standard InChI is InChI=1S/C23H24ClF3N4O3S/c24-20-5-4-18(12-19(20)23(25,26)27)34-22-6-1-15(11-16(22)13-28)21(14-35(29,32)33)31-9-7-30(8-10-31)17-2-3-17/h1,4-6,11-12,17,21H,2-3,7-10,14H2,(H2,29,32,33). The summed E-state index contributed by atoms with van der Waals surface area (Å²) in [7, 11) is -3.83. The van der Waals surface area contributed by atoms with Crippen LogP contribution in [0.25, 0.3) is 0 Å². The number of ether oxygens (including phenoxy) is 1. The van der Waals surface area contributed by atoms with Gasteiger partial charge in [-0.1, -0.05) is 17.7 Å². The van der Waals surface area contributed by atoms with E-state index in [-0.39, 0.29) is 22.8 Å². The fourth-order valence-corrected chi connectivity index (χ4v) is 5.40. The van der Waals surface area contributed by atoms with E-state index in [0.29, 0.717) is 24.7 Å². The molecule has 2 aromatic rings. The molecule has 2 aliphatic rings. The molecule has 1 unspecified atom stereocenters. The SMILES string of the molecule is N#Cc1cc(C(CS(N)(=O)=O)N2CCN(C3CC3)CC2)ccc1Oc1ccc(Cl)c(C(F)(F)F)c1. The van der Waals surface area contributed by atoms with E-state index >= 15 is 0 Å². The van der Waals surface area contributed by atoms with Gasteiger partial charge in [0.1, 0.15) is 17.6 Å². The van der Waals surface area contributed by atoms with Crippen molar-refractivity contribution in [2.24, 2.45) is 5.14 Å². The molecule has 12 heteroatoms. The molecule has 35 heavy (non-hydrogen) atoms. The van der Waals surface area contributed by atoms with E-state index in [0.717, 1.165) is 25.2 Å². The number of rotatable bonds is 7. The Kier molecular flexibility index (Phi) is 7.31. The number of primary sulfonamides is 1. The minimum absolute atomic E-state index is 0.0413. The molecule has 0 aromatic heterocycles. The van der Waals surface area contributed by atoms with Crippen LogP contribution in [0.3, 0.4) is 0 Å². The number of alkyl halides is 3. The molecule has 1 saturated heterocycles. The summed E-state index contributed by atoms with van der Waals surface area (Å²) in [6.45, 7) is 2.94. The second-order valence-corrected chi connectivity index (χ2v) is 10.8. The van der Waals surface area contributed by atoms with Crippen molar-refractivity contribution in [2.75, 3.05) is 31.9 Å². The van der Waals surface area contributed by atoms with Crippen molar-refractivity contribution in [1.82, 2.24) is 9.80 Å². The van der Waals surface area contributed by atoms with Crippen LogP contribution in [-0.2, 0) is 16.2 Å². The molecular formula is C23H24ClF3N4O3S. The van der Waals surface area contributed by atoms with E-state index in [4.69, 9.17) is 21.5 Å². The fourth-order valence-electron chi connectivity index (χ4n) is 4.33. The smallest absolute Gasteiger partial charge is 0.417 e. The molecule has 2 fully saturated rings. The van der Waals surface area contributed by atoms with Crippen LogP contribution in [0.5, 0.6) is 11.5 Å². The van der Waals surface area contributed by atoms with Gasteiger partial charge in [0.05, 0.1) is 27.9 Å². The molecular weight excluding hydrogens is 505 g/mol. The fraction of sp³-hybridized carbons (Fsp3) is 0.435. The zero-order valence-corrected chi connectivity index (χ0v) is 20.2. The van der Waals surface area contributed by atoms with E-state index in [1.165, 1.54) is 31.0 Å². The second kappa shape index (κ2) is 9.95. The number of halogens is 4. The van der Waals surface area contributed by atoms with Crippen molar-refractivity contribution >= 4 is 21.6 Å². The van der Waals surface area contributed by atoms with E-state index in [1.807, 2.05) is 11.0 Å². The molecule has 7 nitrogen and oxygen atoms in total. The lowest BCUT2D eigenvalue weighted by atomic mass is 10.0. The van der Waals surface area contributed by atoms with Crippen molar-refractivity contribution in [3.8, 4) is 17.6 Å². The second-order valence-electron chi connectivity index (χ2n) is 8.76. The maximum atomic E-state index is 13.2. The first-order valence-corrected chi connectivity index (χ1v) is 13.1. The summed E-state index contributed by atoms with van der Waals surface area (Å²) in [4.78, 5) is 4.43. The molecule has 1 aliphatic heterocycles. The topological polar surface area (TPSA) is 99.7 Å². The Bertz CT molecular complexity index is 1240. The largest absolute Gasteiger partial charge is 0.456 e. The zero-order valence-electron chi connectivity index (χ0n) is 18.6. The average molecular weight is 529 g/mol. The summed E-state index contributed by atoms with van der Waals surface area (Å²) in [6.07, 6.45) is -2.29. The Labute approximate surface area is 206 Å². The number of piperazine rings is 1. The Morgan fingerprint density at radius 3 is 2.40 bits per heavy atom. The van der Waals surface area contributed by atoms with E-state index in [9.17, 15) is 26.9 Å². The molecule has 2 aromatic carbocycles. The van der Waals surface area contributed by atoms with Crippen LogP contribution in [0.15, 0.2) is 36.4 Å². The lowest BCUT2D eigenvalue weighted by molar-refractivity contribution is -0.137. The number of hydrogen-bond donors (Lipinski definition) is 1. The highest BCUT2D eigenvalue weighted by molar-refractivity contribution is 7.89. The number of nitrogens with zero attached hydrogens (tertiary/aromatic N) is 3. The number of nitrogens with two attached hydrogens (primary N) is 1. The van der Waals surface area contributed by atoms with Gasteiger partial charge in [0.2, 0.25) is 10.0 Å². The van der Waals surface area contributed by atoms with Gasteiger partial charge in [0.25, 0.3) is 0 Å². The molecule has 0 spiro atoms. The van der Waals surface area contributed by atoms with Gasteiger partial charge in [-0.05, 0) is 48.7 Å². The minimum atomic E-state index is -4.66. The molecule has 1 aliphatic carbocycles. The Morgan fingerprint density at radius 1 is 1.14 bits per heavy atom. The van der Waals surface area contributed by atoms with Gasteiger partial charge in [0.15, 0.2) is 0 Å². The number of benzene rings is 2. The molecule has 1 heterocycles. The predicted molar refractivity (Wildman–Crippen MR) is 125 cm³/mol. The predicted octanol–water partition coefficient (Wildman–Crippen LogP) is 4.13. The number of nitriles is 1. The van der Waals surface area contributed by atoms with E-state index in [2.05, 4.69) is 4.90 Å². The van der Waals surface area contributed by atoms with Crippen molar-refractivity contribution < 1.29 is 26.3 Å². The molecule has 2 N–H and O–H groups in total. The van der Waals surface area contributed by atoms with Gasteiger partial charge in [0, 0.05) is 32.2 Å². The Morgan fingerprint density at radius 2 is 1.83 bits per heavy atom. The molecule has 188 valence electrons. The van der Waals surface area contributed by atoms with Gasteiger partial charge in [-0.2, -0.15) is 18.4 Å². The maximum absolute atomic E-state index is 13.2. The van der Waals surface area contributed by atoms with Crippen LogP contribution in [0.4, 0.5) is 13.2 Å². The van der Waals surface area contributed by atoms with Gasteiger partial charge < -0.3 is 4.74 Å². The van der Waals surface area contributed by atoms with Crippen LogP contribution in [0.2, 0.25) is 5.02 Å². The van der Waals surface area contributed by atoms with Crippen molar-refractivity contribution in [3.63, 3.8) is 0 Å². The highest BCUT2D eigenvalue weighted by atomic mass is 35.5. The lowest BCUT2D eigenvalue weighted by Gasteiger charge is -2.39. The Balaban J connectivity index is 1.59. The van der Waals surface area contributed by atoms with Crippen molar-refractivity contribution in [3.05, 3.63) is 58.1 Å². The quantitative estimate of drug-likeness (QED) is 0.580. The summed E-state index contributed by atoms with van der Waals surface area (Å²) in [5, 5.41) is 14.6. The molecule has 1 saturated carbocycles. The summed E-state index contributed by atoms with van der Waals surface area (Å²) in [6, 6.07) is 9.70. The maximum Gasteiger partial charge on any atom is 0.417 e. The van der Waals surface area contributed by atoms with Crippen LogP contribution in [0, 0.1) is 11.3 Å². The van der Waals surface area contributed by atoms with Gasteiger partial charge >= 0.3 is 6.18 Å². The normalized spacial score (nSPS) is 18.7. The van der Waals surface area contributed by atoms with Crippen LogP contribution >= 0.6 is 11.6 Å². The van der Waals surface area contributed by atoms with Gasteiger partial charge in [-0.15, -0.1) is 0 Å². The number of sulfonamides is 1. The molecule has 0 bridgehead atoms. The van der Waals surface area contributed by atoms with Crippen LogP contribution in [-0.4, -0.2) is 56.2 Å². The first kappa shape index (κ1) is 25.7. The van der Waals surface area contributed by atoms with Gasteiger partial charge in [-0.25, -0.2) is 13.6 Å². The third-order valence-corrected chi connectivity index (χ3v) is 7.33. The number of hydrogen-bond acceptors (Lipinski definition) is 6. The summed E-state index contributed by atoms with van der Waals surface area (Å²) < 4.78 is 69.1. The molecule has 0 amide bonds. The molecule has 1 atom stereocenters. The highest BCUT2D eigenvalue weighted by Crippen LogP contribution is 2.38. The summed E-state index contributed by atoms with van der Waals surface area (Å²) >= 11 is 5.66. The zero-order chi connectivity index (χ0) is 25.4. The Hall–Kier alpha value is -2.36. The molecule has 0 radical (unpaired) electrons. The van der Waals surface area contributed by atoms with Crippen LogP contribution < -0.4 is 9.88 Å². The summed E-state index contributed by atoms with van der Waals surface area (Å²) in [5.74, 6) is -0.420. The van der Waals surface area contributed by atoms with Crippen molar-refractivity contribution in [2.45, 2.75) is 31.1 Å². The monoisotopic (exact) mass is 528 g/mol. The molecule has 4 rings (SSSR count).